The number of carbonyl (C=O) groups excluding carboxylic acids is 1. The lowest BCUT2D eigenvalue weighted by Gasteiger charge is -2.16. The Morgan fingerprint density at radius 2 is 2.26 bits per heavy atom. The number of benzene rings is 1. The predicted octanol–water partition coefficient (Wildman–Crippen LogP) is 0.922. The molecule has 0 bridgehead atoms. The van der Waals surface area contributed by atoms with E-state index in [0.29, 0.717) is 25.3 Å². The second-order valence-electron chi connectivity index (χ2n) is 6.37. The molecule has 2 N–H and O–H groups in total. The van der Waals surface area contributed by atoms with Crippen molar-refractivity contribution < 1.29 is 9.53 Å². The highest BCUT2D eigenvalue weighted by atomic mass is 16.5. The van der Waals surface area contributed by atoms with Crippen LogP contribution in [0.3, 0.4) is 0 Å². The number of amides is 1. The van der Waals surface area contributed by atoms with Gasteiger partial charge in [-0.3, -0.25) is 4.79 Å². The molecular formula is C17H20N4O2. The van der Waals surface area contributed by atoms with Crippen LogP contribution < -0.4 is 10.5 Å². The number of nitrogens with two attached hydrogens (primary N) is 1. The molecule has 0 radical (unpaired) electrons. The summed E-state index contributed by atoms with van der Waals surface area (Å²) in [5, 5.41) is 0. The lowest BCUT2D eigenvalue weighted by atomic mass is 10.0. The third kappa shape index (κ3) is 2.49. The number of carbonyl (C=O) groups is 1. The van der Waals surface area contributed by atoms with Gasteiger partial charge in [0.15, 0.2) is 0 Å². The van der Waals surface area contributed by atoms with Crippen molar-refractivity contribution in [2.24, 2.45) is 12.8 Å². The monoisotopic (exact) mass is 312 g/mol. The Morgan fingerprint density at radius 1 is 1.39 bits per heavy atom. The maximum absolute atomic E-state index is 12.8. The molecule has 3 heterocycles. The second kappa shape index (κ2) is 5.38. The zero-order chi connectivity index (χ0) is 16.0. The summed E-state index contributed by atoms with van der Waals surface area (Å²) < 4.78 is 7.41. The third-order valence-electron chi connectivity index (χ3n) is 4.69. The summed E-state index contributed by atoms with van der Waals surface area (Å²) in [7, 11) is 1.94. The second-order valence-corrected chi connectivity index (χ2v) is 6.37. The molecule has 2 aliphatic heterocycles. The number of aromatic nitrogens is 2. The van der Waals surface area contributed by atoms with Gasteiger partial charge < -0.3 is 19.9 Å². The zero-order valence-corrected chi connectivity index (χ0v) is 13.1. The molecule has 2 aromatic rings. The molecule has 0 unspecified atom stereocenters. The molecule has 2 atom stereocenters. The fraction of sp³-hybridized carbons (Fsp3) is 0.412. The zero-order valence-electron chi connectivity index (χ0n) is 13.1. The van der Waals surface area contributed by atoms with Crippen LogP contribution in [0.4, 0.5) is 0 Å². The average Bonchev–Trinajstić information content (AvgIpc) is 3.25. The van der Waals surface area contributed by atoms with Gasteiger partial charge in [0.2, 0.25) is 0 Å². The number of aryl methyl sites for hydroxylation is 1. The van der Waals surface area contributed by atoms with E-state index in [4.69, 9.17) is 10.5 Å². The van der Waals surface area contributed by atoms with E-state index in [0.717, 1.165) is 23.4 Å². The van der Waals surface area contributed by atoms with Crippen LogP contribution in [0, 0.1) is 0 Å². The summed E-state index contributed by atoms with van der Waals surface area (Å²) in [5.74, 6) is 1.03. The molecule has 6 heteroatoms. The van der Waals surface area contributed by atoms with Crippen molar-refractivity contribution in [3.63, 3.8) is 0 Å². The van der Waals surface area contributed by atoms with E-state index in [1.807, 2.05) is 40.9 Å². The number of imidazole rings is 1. The van der Waals surface area contributed by atoms with Gasteiger partial charge in [0, 0.05) is 50.3 Å². The minimum Gasteiger partial charge on any atom is -0.493 e. The fourth-order valence-corrected chi connectivity index (χ4v) is 3.43. The Kier molecular flexibility index (Phi) is 3.34. The first-order chi connectivity index (χ1) is 11.1. The molecule has 6 nitrogen and oxygen atoms in total. The Morgan fingerprint density at radius 3 is 3.04 bits per heavy atom. The van der Waals surface area contributed by atoms with E-state index in [2.05, 4.69) is 4.98 Å². The van der Waals surface area contributed by atoms with Crippen molar-refractivity contribution in [2.75, 3.05) is 19.7 Å². The Bertz CT molecular complexity index is 755. The summed E-state index contributed by atoms with van der Waals surface area (Å²) in [6.45, 7) is 1.88. The summed E-state index contributed by atoms with van der Waals surface area (Å²) in [5.41, 5.74) is 9.03. The summed E-state index contributed by atoms with van der Waals surface area (Å²) in [6.07, 6.45) is 4.62. The van der Waals surface area contributed by atoms with Crippen LogP contribution in [-0.2, 0) is 13.5 Å². The van der Waals surface area contributed by atoms with Crippen molar-refractivity contribution >= 4 is 5.91 Å². The van der Waals surface area contributed by atoms with Crippen LogP contribution >= 0.6 is 0 Å². The van der Waals surface area contributed by atoms with E-state index in [-0.39, 0.29) is 17.9 Å². The fourth-order valence-electron chi connectivity index (χ4n) is 3.43. The van der Waals surface area contributed by atoms with Gasteiger partial charge in [0.05, 0.1) is 18.6 Å². The van der Waals surface area contributed by atoms with E-state index in [1.54, 1.807) is 6.33 Å². The number of fused-ring (bicyclic) bond motifs is 1. The Hall–Kier alpha value is -2.34. The maximum atomic E-state index is 12.8. The number of hydrogen-bond donors (Lipinski definition) is 1. The first kappa shape index (κ1) is 14.3. The first-order valence-corrected chi connectivity index (χ1v) is 7.90. The molecule has 1 aromatic heterocycles. The number of rotatable bonds is 2. The molecule has 1 saturated heterocycles. The topological polar surface area (TPSA) is 73.4 Å². The minimum absolute atomic E-state index is 0.0357. The Labute approximate surface area is 134 Å². The van der Waals surface area contributed by atoms with E-state index < -0.39 is 0 Å². The molecule has 4 rings (SSSR count). The molecule has 1 aromatic carbocycles. The normalized spacial score (nSPS) is 23.0. The van der Waals surface area contributed by atoms with Crippen molar-refractivity contribution in [3.8, 4) is 5.75 Å². The SMILES string of the molecule is Cn1cnc([C@@H]2CN(C(=O)c3ccc4c(c3)CCO4)C[C@H]2N)c1. The van der Waals surface area contributed by atoms with Crippen LogP contribution in [0.15, 0.2) is 30.7 Å². The molecule has 0 aliphatic carbocycles. The highest BCUT2D eigenvalue weighted by Gasteiger charge is 2.35. The van der Waals surface area contributed by atoms with Crippen LogP contribution in [-0.4, -0.2) is 46.1 Å². The highest BCUT2D eigenvalue weighted by Crippen LogP contribution is 2.29. The lowest BCUT2D eigenvalue weighted by molar-refractivity contribution is 0.0789. The molecule has 0 spiro atoms. The van der Waals surface area contributed by atoms with Gasteiger partial charge in [-0.1, -0.05) is 0 Å². The average molecular weight is 312 g/mol. The van der Waals surface area contributed by atoms with Gasteiger partial charge in [-0.05, 0) is 23.8 Å². The van der Waals surface area contributed by atoms with Crippen molar-refractivity contribution in [2.45, 2.75) is 18.4 Å². The van der Waals surface area contributed by atoms with Crippen LogP contribution in [0.1, 0.15) is 27.5 Å². The molecule has 0 saturated carbocycles. The van der Waals surface area contributed by atoms with E-state index >= 15 is 0 Å². The molecular weight excluding hydrogens is 292 g/mol. The van der Waals surface area contributed by atoms with Gasteiger partial charge in [-0.25, -0.2) is 4.98 Å². The Balaban J connectivity index is 1.53. The molecule has 1 fully saturated rings. The van der Waals surface area contributed by atoms with Gasteiger partial charge in [-0.15, -0.1) is 0 Å². The summed E-state index contributed by atoms with van der Waals surface area (Å²) in [4.78, 5) is 19.0. The maximum Gasteiger partial charge on any atom is 0.253 e. The summed E-state index contributed by atoms with van der Waals surface area (Å²) in [6, 6.07) is 5.60. The number of likely N-dealkylation sites (tertiary alicyclic amines) is 1. The quantitative estimate of drug-likeness (QED) is 0.895. The van der Waals surface area contributed by atoms with Crippen LogP contribution in [0.5, 0.6) is 5.75 Å². The third-order valence-corrected chi connectivity index (χ3v) is 4.69. The summed E-state index contributed by atoms with van der Waals surface area (Å²) >= 11 is 0. The first-order valence-electron chi connectivity index (χ1n) is 7.90. The number of nitrogens with zero attached hydrogens (tertiary/aromatic N) is 3. The largest absolute Gasteiger partial charge is 0.493 e. The van der Waals surface area contributed by atoms with E-state index in [1.165, 1.54) is 0 Å². The highest BCUT2D eigenvalue weighted by molar-refractivity contribution is 5.95. The van der Waals surface area contributed by atoms with Crippen molar-refractivity contribution in [1.82, 2.24) is 14.5 Å². The van der Waals surface area contributed by atoms with Crippen molar-refractivity contribution in [1.29, 1.82) is 0 Å². The standard InChI is InChI=1S/C17H20N4O2/c1-20-9-15(19-10-20)13-7-21(8-14(13)18)17(22)12-2-3-16-11(6-12)4-5-23-16/h2-3,6,9-10,13-14H,4-5,7-8,18H2,1H3/t13-,14-/m1/s1. The van der Waals surface area contributed by atoms with Gasteiger partial charge in [0.25, 0.3) is 5.91 Å². The van der Waals surface area contributed by atoms with Crippen LogP contribution in [0.2, 0.25) is 0 Å². The predicted molar refractivity (Wildman–Crippen MR) is 85.5 cm³/mol. The molecule has 1 amide bonds. The number of hydrogen-bond acceptors (Lipinski definition) is 4. The van der Waals surface area contributed by atoms with Gasteiger partial charge in [-0.2, -0.15) is 0 Å². The van der Waals surface area contributed by atoms with Crippen molar-refractivity contribution in [3.05, 3.63) is 47.5 Å². The van der Waals surface area contributed by atoms with Gasteiger partial charge >= 0.3 is 0 Å². The van der Waals surface area contributed by atoms with Gasteiger partial charge in [0.1, 0.15) is 5.75 Å². The number of ether oxygens (including phenoxy) is 1. The smallest absolute Gasteiger partial charge is 0.253 e. The lowest BCUT2D eigenvalue weighted by Crippen LogP contribution is -2.32. The molecule has 2 aliphatic rings. The molecule has 23 heavy (non-hydrogen) atoms. The van der Waals surface area contributed by atoms with E-state index in [9.17, 15) is 4.79 Å². The minimum atomic E-state index is -0.0772. The van der Waals surface area contributed by atoms with Crippen LogP contribution in [0.25, 0.3) is 0 Å². The molecule has 120 valence electrons.